The fourth-order valence-electron chi connectivity index (χ4n) is 4.57. The van der Waals surface area contributed by atoms with Crippen molar-refractivity contribution in [1.82, 2.24) is 14.8 Å². The molecule has 0 radical (unpaired) electrons. The zero-order valence-electron chi connectivity index (χ0n) is 18.1. The average Bonchev–Trinajstić information content (AvgIpc) is 3.18. The number of ether oxygens (including phenoxy) is 1. The van der Waals surface area contributed by atoms with Crippen LogP contribution in [0.15, 0.2) is 66.1 Å². The third-order valence-electron chi connectivity index (χ3n) is 5.96. The van der Waals surface area contributed by atoms with Crippen molar-refractivity contribution in [3.05, 3.63) is 82.8 Å². The first-order valence-corrected chi connectivity index (χ1v) is 10.6. The molecule has 0 fully saturated rings. The fourth-order valence-corrected chi connectivity index (χ4v) is 4.57. The van der Waals surface area contributed by atoms with Crippen molar-refractivity contribution in [3.63, 3.8) is 0 Å². The van der Waals surface area contributed by atoms with Gasteiger partial charge in [-0.15, -0.1) is 0 Å². The molecule has 2 heterocycles. The predicted molar refractivity (Wildman–Crippen MR) is 119 cm³/mol. The van der Waals surface area contributed by atoms with E-state index in [9.17, 15) is 4.79 Å². The van der Waals surface area contributed by atoms with E-state index in [4.69, 9.17) is 4.74 Å². The predicted octanol–water partition coefficient (Wildman–Crippen LogP) is 4.82. The summed E-state index contributed by atoms with van der Waals surface area (Å²) in [5.41, 5.74) is 5.05. The summed E-state index contributed by atoms with van der Waals surface area (Å²) in [5.74, 6) is 1.64. The Labute approximate surface area is 182 Å². The van der Waals surface area contributed by atoms with Gasteiger partial charge in [0.1, 0.15) is 24.7 Å². The molecule has 6 heteroatoms. The van der Waals surface area contributed by atoms with Crippen molar-refractivity contribution in [2.75, 3.05) is 5.32 Å². The number of carbonyl (C=O) groups is 1. The molecular formula is C25H26N4O2. The molecule has 31 heavy (non-hydrogen) atoms. The molecule has 3 aromatic rings. The van der Waals surface area contributed by atoms with E-state index in [0.717, 1.165) is 34.6 Å². The summed E-state index contributed by atoms with van der Waals surface area (Å²) in [5, 5.41) is 7.75. The maximum Gasteiger partial charge on any atom is 0.226 e. The molecule has 0 saturated heterocycles. The van der Waals surface area contributed by atoms with Gasteiger partial charge in [-0.2, -0.15) is 10.1 Å². The second kappa shape index (κ2) is 7.38. The Morgan fingerprint density at radius 3 is 2.74 bits per heavy atom. The number of carbonyl (C=O) groups excluding carboxylic acids is 1. The Morgan fingerprint density at radius 1 is 1.16 bits per heavy atom. The van der Waals surface area contributed by atoms with Gasteiger partial charge in [0.25, 0.3) is 0 Å². The number of aryl methyl sites for hydroxylation is 1. The number of nitrogens with zero attached hydrogens (tertiary/aromatic N) is 3. The van der Waals surface area contributed by atoms with E-state index in [1.807, 2.05) is 30.3 Å². The lowest BCUT2D eigenvalue weighted by Gasteiger charge is -2.38. The summed E-state index contributed by atoms with van der Waals surface area (Å²) in [6, 6.07) is 16.0. The van der Waals surface area contributed by atoms with Gasteiger partial charge >= 0.3 is 0 Å². The van der Waals surface area contributed by atoms with Crippen molar-refractivity contribution in [1.29, 1.82) is 0 Å². The van der Waals surface area contributed by atoms with Gasteiger partial charge in [0, 0.05) is 17.7 Å². The number of anilines is 1. The summed E-state index contributed by atoms with van der Waals surface area (Å²) >= 11 is 0. The second-order valence-electron chi connectivity index (χ2n) is 9.24. The van der Waals surface area contributed by atoms with Crippen LogP contribution < -0.4 is 10.1 Å². The number of Topliss-reactive ketones (excluding diaryl/α,β-unsaturated/α-hetero) is 1. The van der Waals surface area contributed by atoms with Gasteiger partial charge in [-0.1, -0.05) is 55.8 Å². The summed E-state index contributed by atoms with van der Waals surface area (Å²) in [6.45, 7) is 6.85. The highest BCUT2D eigenvalue weighted by molar-refractivity contribution is 6.00. The lowest BCUT2D eigenvalue weighted by molar-refractivity contribution is -0.118. The fraction of sp³-hybridized carbons (Fsp3) is 0.320. The maximum atomic E-state index is 13.1. The Hall–Kier alpha value is -3.41. The number of rotatable bonds is 4. The van der Waals surface area contributed by atoms with Crippen LogP contribution in [0.25, 0.3) is 0 Å². The van der Waals surface area contributed by atoms with Gasteiger partial charge in [0.2, 0.25) is 5.95 Å². The van der Waals surface area contributed by atoms with Crippen LogP contribution in [0.1, 0.15) is 49.4 Å². The molecule has 0 amide bonds. The van der Waals surface area contributed by atoms with E-state index < -0.39 is 0 Å². The molecule has 0 spiro atoms. The lowest BCUT2D eigenvalue weighted by Crippen LogP contribution is -2.36. The number of aromatic nitrogens is 3. The van der Waals surface area contributed by atoms with Crippen LogP contribution in [0, 0.1) is 12.3 Å². The highest BCUT2D eigenvalue weighted by atomic mass is 16.5. The van der Waals surface area contributed by atoms with Crippen LogP contribution in [0.3, 0.4) is 0 Å². The minimum atomic E-state index is -0.275. The summed E-state index contributed by atoms with van der Waals surface area (Å²) in [7, 11) is 0. The lowest BCUT2D eigenvalue weighted by atomic mass is 9.73. The van der Waals surface area contributed by atoms with E-state index in [0.29, 0.717) is 19.0 Å². The van der Waals surface area contributed by atoms with Gasteiger partial charge in [0.15, 0.2) is 5.78 Å². The molecule has 1 aromatic heterocycles. The Bertz CT molecular complexity index is 1170. The van der Waals surface area contributed by atoms with E-state index in [1.165, 1.54) is 11.9 Å². The number of hydrogen-bond acceptors (Lipinski definition) is 5. The molecule has 2 aliphatic rings. The van der Waals surface area contributed by atoms with Gasteiger partial charge in [-0.3, -0.25) is 4.79 Å². The first-order chi connectivity index (χ1) is 14.9. The Balaban J connectivity index is 1.43. The minimum absolute atomic E-state index is 0.0663. The summed E-state index contributed by atoms with van der Waals surface area (Å²) < 4.78 is 7.78. The number of benzene rings is 2. The van der Waals surface area contributed by atoms with Gasteiger partial charge in [0.05, 0.1) is 0 Å². The number of hydrogen-bond donors (Lipinski definition) is 1. The Morgan fingerprint density at radius 2 is 1.97 bits per heavy atom. The third-order valence-corrected chi connectivity index (χ3v) is 5.96. The topological polar surface area (TPSA) is 69.0 Å². The van der Waals surface area contributed by atoms with Crippen LogP contribution in [-0.2, 0) is 11.4 Å². The monoisotopic (exact) mass is 414 g/mol. The first kappa shape index (κ1) is 19.5. The largest absolute Gasteiger partial charge is 0.489 e. The molecule has 0 bridgehead atoms. The molecule has 0 unspecified atom stereocenters. The van der Waals surface area contributed by atoms with E-state index in [1.54, 1.807) is 4.68 Å². The number of fused-ring (bicyclic) bond motifs is 1. The van der Waals surface area contributed by atoms with Crippen molar-refractivity contribution in [2.45, 2.75) is 46.3 Å². The molecule has 0 saturated carbocycles. The smallest absolute Gasteiger partial charge is 0.226 e. The van der Waals surface area contributed by atoms with Crippen LogP contribution in [0.2, 0.25) is 0 Å². The number of allylic oxidation sites excluding steroid dienone is 2. The van der Waals surface area contributed by atoms with Crippen LogP contribution in [0.5, 0.6) is 5.75 Å². The number of nitrogens with one attached hydrogen (secondary N) is 1. The standard InChI is InChI=1S/C25H26N4O2/c1-16-5-4-6-17(11-16)14-31-19-9-7-18(8-10-19)23-22-20(12-25(2,3)13-21(22)30)28-24-26-15-27-29(23)24/h4-11,15,23H,12-14H2,1-3H3,(H,26,27,28)/t23-/m0/s1. The molecule has 5 rings (SSSR count). The van der Waals surface area contributed by atoms with Crippen molar-refractivity contribution >= 4 is 11.7 Å². The van der Waals surface area contributed by atoms with Crippen molar-refractivity contribution in [2.24, 2.45) is 5.41 Å². The molecule has 158 valence electrons. The normalized spacial score (nSPS) is 19.5. The quantitative estimate of drug-likeness (QED) is 0.663. The van der Waals surface area contributed by atoms with E-state index in [-0.39, 0.29) is 17.2 Å². The third kappa shape index (κ3) is 3.74. The molecule has 6 nitrogen and oxygen atoms in total. The highest BCUT2D eigenvalue weighted by Crippen LogP contribution is 2.45. The van der Waals surface area contributed by atoms with Crippen LogP contribution >= 0.6 is 0 Å². The average molecular weight is 415 g/mol. The molecular weight excluding hydrogens is 388 g/mol. The molecule has 1 aliphatic carbocycles. The van der Waals surface area contributed by atoms with E-state index >= 15 is 0 Å². The van der Waals surface area contributed by atoms with Gasteiger partial charge < -0.3 is 10.1 Å². The van der Waals surface area contributed by atoms with E-state index in [2.05, 4.69) is 54.4 Å². The van der Waals surface area contributed by atoms with Crippen molar-refractivity contribution in [3.8, 4) is 5.75 Å². The minimum Gasteiger partial charge on any atom is -0.489 e. The first-order valence-electron chi connectivity index (χ1n) is 10.6. The molecule has 1 atom stereocenters. The molecule has 1 aliphatic heterocycles. The number of ketones is 1. The Kier molecular flexibility index (Phi) is 4.65. The second-order valence-corrected chi connectivity index (χ2v) is 9.24. The summed E-state index contributed by atoms with van der Waals surface area (Å²) in [6.07, 6.45) is 2.88. The maximum absolute atomic E-state index is 13.1. The summed E-state index contributed by atoms with van der Waals surface area (Å²) in [4.78, 5) is 17.5. The van der Waals surface area contributed by atoms with Crippen LogP contribution in [0.4, 0.5) is 5.95 Å². The molecule has 2 aromatic carbocycles. The van der Waals surface area contributed by atoms with Gasteiger partial charge in [-0.25, -0.2) is 4.68 Å². The van der Waals surface area contributed by atoms with Crippen molar-refractivity contribution < 1.29 is 9.53 Å². The zero-order chi connectivity index (χ0) is 21.6. The van der Waals surface area contributed by atoms with Gasteiger partial charge in [-0.05, 0) is 42.0 Å². The molecule has 1 N–H and O–H groups in total. The zero-order valence-corrected chi connectivity index (χ0v) is 18.1. The highest BCUT2D eigenvalue weighted by Gasteiger charge is 2.41. The van der Waals surface area contributed by atoms with Crippen LogP contribution in [-0.4, -0.2) is 20.5 Å². The SMILES string of the molecule is Cc1cccc(COc2ccc([C@H]3C4=C(CC(C)(C)CC4=O)Nc4ncnn43)cc2)c1.